The van der Waals surface area contributed by atoms with Gasteiger partial charge in [-0.3, -0.25) is 0 Å². The number of hydrogen-bond acceptors (Lipinski definition) is 0. The fourth-order valence-electron chi connectivity index (χ4n) is 0. The SMILES string of the molecule is CBC.O. The van der Waals surface area contributed by atoms with E-state index in [-0.39, 0.29) is 5.48 Å². The van der Waals surface area contributed by atoms with Gasteiger partial charge in [-0.25, -0.2) is 0 Å². The van der Waals surface area contributed by atoms with Crippen molar-refractivity contribution < 1.29 is 5.48 Å². The van der Waals surface area contributed by atoms with Gasteiger partial charge < -0.3 is 5.48 Å². The third-order valence-electron chi connectivity index (χ3n) is 0. The molecule has 0 spiro atoms. The van der Waals surface area contributed by atoms with Crippen molar-refractivity contribution in [3.8, 4) is 0 Å². The zero-order valence-electron chi connectivity index (χ0n) is 3.21. The average molecular weight is 59.9 g/mol. The van der Waals surface area contributed by atoms with E-state index in [9.17, 15) is 0 Å². The van der Waals surface area contributed by atoms with Crippen molar-refractivity contribution >= 4 is 7.28 Å². The van der Waals surface area contributed by atoms with Crippen LogP contribution in [0.25, 0.3) is 0 Å². The number of rotatable bonds is 0. The Bertz CT molecular complexity index is 6.00. The second kappa shape index (κ2) is 11.8. The van der Waals surface area contributed by atoms with Gasteiger partial charge in [-0.1, -0.05) is 13.6 Å². The summed E-state index contributed by atoms with van der Waals surface area (Å²) in [4.78, 5) is 0. The summed E-state index contributed by atoms with van der Waals surface area (Å²) in [5.41, 5.74) is 0. The molecule has 4 heavy (non-hydrogen) atoms. The minimum Gasteiger partial charge on any atom is -0.412 e. The van der Waals surface area contributed by atoms with Gasteiger partial charge in [0.05, 0.1) is 0 Å². The molecule has 0 saturated heterocycles. The first-order valence-electron chi connectivity index (χ1n) is 1.41. The van der Waals surface area contributed by atoms with Gasteiger partial charge >= 0.3 is 0 Å². The molecule has 0 aliphatic rings. The molecule has 26 valence electrons. The Hall–Kier alpha value is 0.0249. The molecule has 0 aliphatic carbocycles. The first-order valence-corrected chi connectivity index (χ1v) is 1.41. The Labute approximate surface area is 27.6 Å². The predicted octanol–water partition coefficient (Wildman–Crippen LogP) is -0.306. The van der Waals surface area contributed by atoms with Crippen molar-refractivity contribution in [3.63, 3.8) is 0 Å². The van der Waals surface area contributed by atoms with Crippen LogP contribution in [0.2, 0.25) is 13.6 Å². The fraction of sp³-hybridized carbons (Fsp3) is 1.00. The van der Waals surface area contributed by atoms with E-state index in [4.69, 9.17) is 0 Å². The minimum atomic E-state index is 0. The highest BCUT2D eigenvalue weighted by Crippen LogP contribution is 1.36. The van der Waals surface area contributed by atoms with E-state index in [1.54, 1.807) is 0 Å². The fourth-order valence-corrected chi connectivity index (χ4v) is 0. The smallest absolute Gasteiger partial charge is 0.114 e. The Morgan fingerprint density at radius 1 is 1.25 bits per heavy atom. The lowest BCUT2D eigenvalue weighted by molar-refractivity contribution is 0.824. The molecule has 0 aromatic rings. The van der Waals surface area contributed by atoms with E-state index >= 15 is 0 Å². The summed E-state index contributed by atoms with van der Waals surface area (Å²) in [6.45, 7) is 4.25. The van der Waals surface area contributed by atoms with E-state index in [0.29, 0.717) is 0 Å². The highest BCUT2D eigenvalue weighted by atomic mass is 16.0. The minimum absolute atomic E-state index is 0. The lowest BCUT2D eigenvalue weighted by Gasteiger charge is -1.41. The second-order valence-electron chi connectivity index (χ2n) is 0.707. The Morgan fingerprint density at radius 2 is 1.25 bits per heavy atom. The lowest BCUT2D eigenvalue weighted by atomic mass is 9.88. The van der Waals surface area contributed by atoms with Gasteiger partial charge in [-0.05, 0) is 0 Å². The highest BCUT2D eigenvalue weighted by Gasteiger charge is 1.43. The van der Waals surface area contributed by atoms with Gasteiger partial charge in [0.2, 0.25) is 0 Å². The standard InChI is InChI=1S/C2H7B.H2O/c1-3-2;/h3H,1-2H3;1H2. The molecule has 1 nitrogen and oxygen atoms in total. The monoisotopic (exact) mass is 60.1 g/mol. The van der Waals surface area contributed by atoms with E-state index in [0.717, 1.165) is 0 Å². The van der Waals surface area contributed by atoms with Crippen LogP contribution >= 0.6 is 0 Å². The summed E-state index contributed by atoms with van der Waals surface area (Å²) in [5.74, 6) is 0. The van der Waals surface area contributed by atoms with E-state index in [1.807, 2.05) is 0 Å². The van der Waals surface area contributed by atoms with E-state index in [2.05, 4.69) is 13.6 Å². The van der Waals surface area contributed by atoms with Crippen molar-refractivity contribution in [2.45, 2.75) is 13.6 Å². The molecule has 0 amide bonds. The third-order valence-corrected chi connectivity index (χ3v) is 0. The third kappa shape index (κ3) is 3420. The molecule has 2 heteroatoms. The Morgan fingerprint density at radius 3 is 1.25 bits per heavy atom. The second-order valence-corrected chi connectivity index (χ2v) is 0.707. The molecule has 0 fully saturated rings. The summed E-state index contributed by atoms with van der Waals surface area (Å²) in [5, 5.41) is 0. The largest absolute Gasteiger partial charge is 0.412 e. The van der Waals surface area contributed by atoms with Crippen LogP contribution in [0.15, 0.2) is 0 Å². The molecule has 0 bridgehead atoms. The van der Waals surface area contributed by atoms with Crippen LogP contribution in [0.5, 0.6) is 0 Å². The van der Waals surface area contributed by atoms with Gasteiger partial charge in [0.25, 0.3) is 0 Å². The molecule has 0 saturated carbocycles. The molecule has 0 aromatic carbocycles. The van der Waals surface area contributed by atoms with Crippen molar-refractivity contribution in [2.75, 3.05) is 0 Å². The van der Waals surface area contributed by atoms with Crippen LogP contribution in [0.1, 0.15) is 0 Å². The zero-order valence-corrected chi connectivity index (χ0v) is 3.21. The van der Waals surface area contributed by atoms with Crippen LogP contribution in [0, 0.1) is 0 Å². The average Bonchev–Trinajstić information content (AvgIpc) is 0.918. The van der Waals surface area contributed by atoms with Gasteiger partial charge in [0, 0.05) is 0 Å². The van der Waals surface area contributed by atoms with Crippen LogP contribution < -0.4 is 0 Å². The summed E-state index contributed by atoms with van der Waals surface area (Å²) >= 11 is 0. The van der Waals surface area contributed by atoms with Crippen molar-refractivity contribution in [2.24, 2.45) is 0 Å². The van der Waals surface area contributed by atoms with Crippen molar-refractivity contribution in [1.82, 2.24) is 0 Å². The molecule has 0 aliphatic heterocycles. The van der Waals surface area contributed by atoms with Gasteiger partial charge in [-0.15, -0.1) is 0 Å². The normalized spacial score (nSPS) is 3.50. The summed E-state index contributed by atoms with van der Waals surface area (Å²) < 4.78 is 0. The topological polar surface area (TPSA) is 31.5 Å². The molecule has 0 unspecified atom stereocenters. The first-order chi connectivity index (χ1) is 1.41. The van der Waals surface area contributed by atoms with Crippen molar-refractivity contribution in [3.05, 3.63) is 0 Å². The molecular formula is C2H9BO. The molecule has 0 heterocycles. The van der Waals surface area contributed by atoms with E-state index in [1.165, 1.54) is 7.28 Å². The molecule has 0 radical (unpaired) electrons. The highest BCUT2D eigenvalue weighted by molar-refractivity contribution is 6.31. The maximum Gasteiger partial charge on any atom is 0.114 e. The molecular weight excluding hydrogens is 50.8 g/mol. The van der Waals surface area contributed by atoms with Crippen LogP contribution in [0.3, 0.4) is 0 Å². The lowest BCUT2D eigenvalue weighted by Crippen LogP contribution is -1.53. The van der Waals surface area contributed by atoms with Crippen LogP contribution in [-0.2, 0) is 0 Å². The Kier molecular flexibility index (Phi) is 26.5. The molecule has 0 aromatic heterocycles. The summed E-state index contributed by atoms with van der Waals surface area (Å²) in [6.07, 6.45) is 0. The summed E-state index contributed by atoms with van der Waals surface area (Å²) in [6, 6.07) is 0. The molecule has 2 N–H and O–H groups in total. The summed E-state index contributed by atoms with van der Waals surface area (Å²) in [7, 11) is 1.25. The predicted molar refractivity (Wildman–Crippen MR) is 22.5 cm³/mol. The Balaban J connectivity index is 0. The maximum atomic E-state index is 2.12. The maximum absolute atomic E-state index is 2.12. The number of hydrogen-bond donors (Lipinski definition) is 0. The zero-order chi connectivity index (χ0) is 2.71. The molecule has 0 rings (SSSR count). The van der Waals surface area contributed by atoms with Gasteiger partial charge in [0.15, 0.2) is 0 Å². The van der Waals surface area contributed by atoms with Gasteiger partial charge in [-0.2, -0.15) is 0 Å². The quantitative estimate of drug-likeness (QED) is 0.343. The van der Waals surface area contributed by atoms with Crippen molar-refractivity contribution in [1.29, 1.82) is 0 Å². The van der Waals surface area contributed by atoms with Crippen LogP contribution in [0.4, 0.5) is 0 Å². The van der Waals surface area contributed by atoms with E-state index < -0.39 is 0 Å². The molecule has 0 atom stereocenters. The first kappa shape index (κ1) is 8.98. The van der Waals surface area contributed by atoms with Crippen LogP contribution in [-0.4, -0.2) is 12.8 Å². The van der Waals surface area contributed by atoms with Gasteiger partial charge in [0.1, 0.15) is 7.28 Å².